The van der Waals surface area contributed by atoms with Gasteiger partial charge in [-0.25, -0.2) is 4.79 Å². The Kier molecular flexibility index (Phi) is 5.86. The van der Waals surface area contributed by atoms with Gasteiger partial charge in [0.25, 0.3) is 0 Å². The number of nitrogens with zero attached hydrogens (tertiary/aromatic N) is 1. The van der Waals surface area contributed by atoms with E-state index in [0.717, 1.165) is 16.8 Å². The fourth-order valence-electron chi connectivity index (χ4n) is 3.27. The van der Waals surface area contributed by atoms with Crippen molar-refractivity contribution in [3.8, 4) is 0 Å². The second kappa shape index (κ2) is 8.49. The first-order valence-electron chi connectivity index (χ1n) is 8.99. The summed E-state index contributed by atoms with van der Waals surface area (Å²) in [4.78, 5) is 37.6. The summed E-state index contributed by atoms with van der Waals surface area (Å²) in [5, 5.41) is 12.0. The van der Waals surface area contributed by atoms with Gasteiger partial charge in [-0.15, -0.1) is 0 Å². The van der Waals surface area contributed by atoms with Gasteiger partial charge in [0.1, 0.15) is 6.04 Å². The maximum absolute atomic E-state index is 12.3. The third-order valence-corrected chi connectivity index (χ3v) is 4.67. The topological polar surface area (TPSA) is 86.7 Å². The van der Waals surface area contributed by atoms with Crippen LogP contribution in [-0.4, -0.2) is 35.5 Å². The van der Waals surface area contributed by atoms with Crippen LogP contribution in [0.1, 0.15) is 24.0 Å². The lowest BCUT2D eigenvalue weighted by molar-refractivity contribution is -0.141. The molecule has 1 heterocycles. The normalized spacial score (nSPS) is 14.4. The van der Waals surface area contributed by atoms with Crippen LogP contribution in [0.15, 0.2) is 54.6 Å². The predicted molar refractivity (Wildman–Crippen MR) is 101 cm³/mol. The van der Waals surface area contributed by atoms with Crippen molar-refractivity contribution in [1.82, 2.24) is 5.32 Å². The quantitative estimate of drug-likeness (QED) is 0.786. The molecule has 2 amide bonds. The molecule has 1 aliphatic heterocycles. The molecule has 1 aliphatic rings. The van der Waals surface area contributed by atoms with Crippen LogP contribution in [0.25, 0.3) is 0 Å². The number of para-hydroxylation sites is 1. The molecule has 27 heavy (non-hydrogen) atoms. The van der Waals surface area contributed by atoms with E-state index in [1.165, 1.54) is 0 Å². The number of amides is 2. The third kappa shape index (κ3) is 4.73. The molecule has 0 fully saturated rings. The Labute approximate surface area is 157 Å². The summed E-state index contributed by atoms with van der Waals surface area (Å²) in [7, 11) is 0. The Balaban J connectivity index is 1.60. The first kappa shape index (κ1) is 18.6. The molecular weight excluding hydrogens is 344 g/mol. The zero-order valence-corrected chi connectivity index (χ0v) is 14.9. The fraction of sp³-hybridized carbons (Fsp3) is 0.286. The molecular formula is C21H22N2O4. The van der Waals surface area contributed by atoms with Crippen molar-refractivity contribution in [2.75, 3.05) is 11.4 Å². The number of rotatable bonds is 7. The van der Waals surface area contributed by atoms with Gasteiger partial charge in [-0.1, -0.05) is 48.5 Å². The Bertz CT molecular complexity index is 835. The first-order valence-corrected chi connectivity index (χ1v) is 8.99. The van der Waals surface area contributed by atoms with Crippen molar-refractivity contribution in [2.24, 2.45) is 0 Å². The largest absolute Gasteiger partial charge is 0.480 e. The number of nitrogens with one attached hydrogen (secondary N) is 1. The summed E-state index contributed by atoms with van der Waals surface area (Å²) in [6.45, 7) is 0.235. The van der Waals surface area contributed by atoms with Crippen LogP contribution >= 0.6 is 0 Å². The molecule has 6 nitrogen and oxygen atoms in total. The summed E-state index contributed by atoms with van der Waals surface area (Å²) in [6.07, 6.45) is 1.40. The number of carbonyl (C=O) groups excluding carboxylic acids is 2. The highest BCUT2D eigenvalue weighted by Gasteiger charge is 2.25. The second-order valence-corrected chi connectivity index (χ2v) is 6.57. The van der Waals surface area contributed by atoms with Gasteiger partial charge in [0.15, 0.2) is 0 Å². The van der Waals surface area contributed by atoms with E-state index in [1.54, 1.807) is 4.90 Å². The average Bonchev–Trinajstić information content (AvgIpc) is 2.67. The number of carboxylic acids is 1. The summed E-state index contributed by atoms with van der Waals surface area (Å²) in [5.74, 6) is -1.47. The Morgan fingerprint density at radius 3 is 2.48 bits per heavy atom. The van der Waals surface area contributed by atoms with Gasteiger partial charge in [0, 0.05) is 31.5 Å². The van der Waals surface area contributed by atoms with Gasteiger partial charge in [0.05, 0.1) is 0 Å². The standard InChI is InChI=1S/C21H22N2O4/c24-19(22-17(21(26)27)14-15-6-2-1-3-7-15)12-13-23-18-9-5-4-8-16(18)10-11-20(23)25/h1-9,17H,10-14H2,(H,22,24)(H,26,27)/t17-/m1/s1. The molecule has 140 valence electrons. The highest BCUT2D eigenvalue weighted by Crippen LogP contribution is 2.27. The van der Waals surface area contributed by atoms with Gasteiger partial charge in [-0.2, -0.15) is 0 Å². The molecule has 2 aromatic carbocycles. The van der Waals surface area contributed by atoms with Crippen molar-refractivity contribution >= 4 is 23.5 Å². The minimum atomic E-state index is -1.08. The molecule has 0 saturated carbocycles. The van der Waals surface area contributed by atoms with E-state index in [4.69, 9.17) is 0 Å². The van der Waals surface area contributed by atoms with Crippen molar-refractivity contribution in [2.45, 2.75) is 31.7 Å². The van der Waals surface area contributed by atoms with Crippen molar-refractivity contribution in [1.29, 1.82) is 0 Å². The number of aryl methyl sites for hydroxylation is 1. The fourth-order valence-corrected chi connectivity index (χ4v) is 3.27. The van der Waals surface area contributed by atoms with Gasteiger partial charge in [-0.05, 0) is 23.6 Å². The number of anilines is 1. The third-order valence-electron chi connectivity index (χ3n) is 4.67. The van der Waals surface area contributed by atoms with Crippen LogP contribution in [0, 0.1) is 0 Å². The van der Waals surface area contributed by atoms with Gasteiger partial charge >= 0.3 is 5.97 Å². The number of fused-ring (bicyclic) bond motifs is 1. The maximum Gasteiger partial charge on any atom is 0.326 e. The SMILES string of the molecule is O=C(CCN1C(=O)CCc2ccccc21)N[C@H](Cc1ccccc1)C(=O)O. The predicted octanol–water partition coefficient (Wildman–Crippen LogP) is 2.17. The molecule has 0 aromatic heterocycles. The van der Waals surface area contributed by atoms with Crippen LogP contribution in [-0.2, 0) is 27.2 Å². The lowest BCUT2D eigenvalue weighted by Gasteiger charge is -2.29. The molecule has 6 heteroatoms. The van der Waals surface area contributed by atoms with Crippen LogP contribution in [0.2, 0.25) is 0 Å². The van der Waals surface area contributed by atoms with E-state index in [2.05, 4.69) is 5.32 Å². The van der Waals surface area contributed by atoms with Crippen LogP contribution in [0.3, 0.4) is 0 Å². The van der Waals surface area contributed by atoms with Gasteiger partial charge < -0.3 is 15.3 Å². The van der Waals surface area contributed by atoms with Crippen LogP contribution in [0.5, 0.6) is 0 Å². The van der Waals surface area contributed by atoms with E-state index in [0.29, 0.717) is 12.8 Å². The van der Waals surface area contributed by atoms with E-state index >= 15 is 0 Å². The molecule has 0 bridgehead atoms. The Morgan fingerprint density at radius 2 is 1.74 bits per heavy atom. The maximum atomic E-state index is 12.3. The summed E-state index contributed by atoms with van der Waals surface area (Å²) in [5.41, 5.74) is 2.76. The molecule has 0 unspecified atom stereocenters. The summed E-state index contributed by atoms with van der Waals surface area (Å²) < 4.78 is 0. The van der Waals surface area contributed by atoms with Crippen molar-refractivity contribution in [3.05, 3.63) is 65.7 Å². The van der Waals surface area contributed by atoms with E-state index in [1.807, 2.05) is 54.6 Å². The molecule has 1 atom stereocenters. The molecule has 2 N–H and O–H groups in total. The molecule has 3 rings (SSSR count). The molecule has 0 saturated heterocycles. The number of hydrogen-bond acceptors (Lipinski definition) is 3. The second-order valence-electron chi connectivity index (χ2n) is 6.57. The van der Waals surface area contributed by atoms with E-state index in [9.17, 15) is 19.5 Å². The number of hydrogen-bond donors (Lipinski definition) is 2. The van der Waals surface area contributed by atoms with E-state index < -0.39 is 12.0 Å². The molecule has 0 spiro atoms. The number of aliphatic carboxylic acids is 1. The number of benzene rings is 2. The zero-order valence-electron chi connectivity index (χ0n) is 14.9. The molecule has 2 aromatic rings. The van der Waals surface area contributed by atoms with Gasteiger partial charge in [-0.3, -0.25) is 9.59 Å². The molecule has 0 radical (unpaired) electrons. The summed E-state index contributed by atoms with van der Waals surface area (Å²) >= 11 is 0. The minimum absolute atomic E-state index is 0.0134. The zero-order chi connectivity index (χ0) is 19.2. The lowest BCUT2D eigenvalue weighted by atomic mass is 10.0. The highest BCUT2D eigenvalue weighted by atomic mass is 16.4. The number of carboxylic acid groups (broad SMARTS) is 1. The van der Waals surface area contributed by atoms with Crippen LogP contribution < -0.4 is 10.2 Å². The highest BCUT2D eigenvalue weighted by molar-refractivity contribution is 5.97. The Hall–Kier alpha value is -3.15. The van der Waals surface area contributed by atoms with Crippen molar-refractivity contribution < 1.29 is 19.5 Å². The van der Waals surface area contributed by atoms with Gasteiger partial charge in [0.2, 0.25) is 11.8 Å². The minimum Gasteiger partial charge on any atom is -0.480 e. The summed E-state index contributed by atoms with van der Waals surface area (Å²) in [6, 6.07) is 15.8. The van der Waals surface area contributed by atoms with E-state index in [-0.39, 0.29) is 31.2 Å². The lowest BCUT2D eigenvalue weighted by Crippen LogP contribution is -2.44. The average molecular weight is 366 g/mol. The first-order chi connectivity index (χ1) is 13.0. The number of carbonyl (C=O) groups is 3. The smallest absolute Gasteiger partial charge is 0.326 e. The molecule has 0 aliphatic carbocycles. The monoisotopic (exact) mass is 366 g/mol. The van der Waals surface area contributed by atoms with Crippen molar-refractivity contribution in [3.63, 3.8) is 0 Å². The Morgan fingerprint density at radius 1 is 1.04 bits per heavy atom. The van der Waals surface area contributed by atoms with Crippen LogP contribution in [0.4, 0.5) is 5.69 Å².